The largest absolute Gasteiger partial charge is 0.325 e. The van der Waals surface area contributed by atoms with Crippen LogP contribution in [0.4, 0.5) is 5.69 Å². The third-order valence-corrected chi connectivity index (χ3v) is 7.62. The molecule has 148 valence electrons. The molecule has 0 spiro atoms. The molecule has 1 heterocycles. The Morgan fingerprint density at radius 3 is 2.48 bits per heavy atom. The maximum Gasteiger partial charge on any atom is 0.242 e. The number of hydrogen-bond donors (Lipinski definition) is 1. The molecule has 0 aliphatic heterocycles. The molecule has 0 aliphatic rings. The monoisotopic (exact) mass is 473 g/mol. The highest BCUT2D eigenvalue weighted by Crippen LogP contribution is 2.24. The summed E-state index contributed by atoms with van der Waals surface area (Å²) in [5.41, 5.74) is 1.11. The number of rotatable bonds is 8. The van der Waals surface area contributed by atoms with Crippen molar-refractivity contribution in [2.45, 2.75) is 25.3 Å². The Hall–Kier alpha value is -1.26. The average molecular weight is 474 g/mol. The van der Waals surface area contributed by atoms with Gasteiger partial charge in [0.1, 0.15) is 0 Å². The molecule has 2 aromatic rings. The van der Waals surface area contributed by atoms with E-state index in [4.69, 9.17) is 0 Å². The normalized spacial score (nSPS) is 12.0. The lowest BCUT2D eigenvalue weighted by atomic mass is 10.2. The molecule has 0 unspecified atom stereocenters. The van der Waals surface area contributed by atoms with Gasteiger partial charge in [-0.05, 0) is 59.2 Å². The summed E-state index contributed by atoms with van der Waals surface area (Å²) in [6, 6.07) is 8.96. The molecule has 0 atom stereocenters. The average Bonchev–Trinajstić information content (AvgIpc) is 3.00. The fourth-order valence-electron chi connectivity index (χ4n) is 2.49. The van der Waals surface area contributed by atoms with Gasteiger partial charge in [0.15, 0.2) is 0 Å². The first-order valence-corrected chi connectivity index (χ1v) is 11.5. The van der Waals surface area contributed by atoms with Gasteiger partial charge in [0, 0.05) is 31.2 Å². The van der Waals surface area contributed by atoms with E-state index in [0.29, 0.717) is 17.8 Å². The Balaban J connectivity index is 2.08. The number of carbonyl (C=O) groups excluding carboxylic acids is 1. The fraction of sp³-hybridized carbons (Fsp3) is 0.389. The third-order valence-electron chi connectivity index (χ3n) is 4.05. The summed E-state index contributed by atoms with van der Waals surface area (Å²) in [4.78, 5) is 15.8. The number of halogens is 1. The Morgan fingerprint density at radius 2 is 1.93 bits per heavy atom. The van der Waals surface area contributed by atoms with Gasteiger partial charge in [-0.25, -0.2) is 12.7 Å². The van der Waals surface area contributed by atoms with Crippen LogP contribution in [0.3, 0.4) is 0 Å². The van der Waals surface area contributed by atoms with Crippen LogP contribution >= 0.6 is 27.3 Å². The SMILES string of the molecule is CCN(CC(=O)Nc1ccc(C)c(S(=O)(=O)N(C)C)c1)Cc1ccc(Br)s1. The van der Waals surface area contributed by atoms with E-state index < -0.39 is 10.0 Å². The van der Waals surface area contributed by atoms with Gasteiger partial charge >= 0.3 is 0 Å². The highest BCUT2D eigenvalue weighted by Gasteiger charge is 2.20. The highest BCUT2D eigenvalue weighted by molar-refractivity contribution is 9.11. The van der Waals surface area contributed by atoms with Crippen LogP contribution < -0.4 is 5.32 Å². The molecule has 0 bridgehead atoms. The number of hydrogen-bond acceptors (Lipinski definition) is 5. The zero-order valence-corrected chi connectivity index (χ0v) is 19.0. The molecule has 9 heteroatoms. The second kappa shape index (κ2) is 9.29. The number of nitrogens with one attached hydrogen (secondary N) is 1. The lowest BCUT2D eigenvalue weighted by Crippen LogP contribution is -2.32. The van der Waals surface area contributed by atoms with Gasteiger partial charge in [0.2, 0.25) is 15.9 Å². The molecule has 6 nitrogen and oxygen atoms in total. The van der Waals surface area contributed by atoms with Gasteiger partial charge in [-0.3, -0.25) is 9.69 Å². The van der Waals surface area contributed by atoms with Gasteiger partial charge in [-0.1, -0.05) is 13.0 Å². The maximum atomic E-state index is 12.4. The summed E-state index contributed by atoms with van der Waals surface area (Å²) in [7, 11) is -0.587. The van der Waals surface area contributed by atoms with Crippen LogP contribution in [0.2, 0.25) is 0 Å². The van der Waals surface area contributed by atoms with E-state index in [-0.39, 0.29) is 17.3 Å². The van der Waals surface area contributed by atoms with E-state index in [2.05, 4.69) is 21.2 Å². The Labute approximate surface area is 173 Å². The van der Waals surface area contributed by atoms with Crippen molar-refractivity contribution in [3.05, 3.63) is 44.6 Å². The number of thiophene rings is 1. The van der Waals surface area contributed by atoms with Crippen LogP contribution in [0.1, 0.15) is 17.4 Å². The van der Waals surface area contributed by atoms with E-state index in [0.717, 1.165) is 10.3 Å². The smallest absolute Gasteiger partial charge is 0.242 e. The van der Waals surface area contributed by atoms with Crippen molar-refractivity contribution in [2.24, 2.45) is 0 Å². The second-order valence-corrected chi connectivity index (χ2v) is 11.0. The van der Waals surface area contributed by atoms with Gasteiger partial charge in [0.05, 0.1) is 15.2 Å². The molecule has 27 heavy (non-hydrogen) atoms. The van der Waals surface area contributed by atoms with Crippen LogP contribution in [-0.2, 0) is 21.4 Å². The number of carbonyl (C=O) groups is 1. The van der Waals surface area contributed by atoms with Crippen molar-refractivity contribution in [1.82, 2.24) is 9.21 Å². The predicted octanol–water partition coefficient (Wildman–Crippen LogP) is 3.53. The van der Waals surface area contributed by atoms with Crippen molar-refractivity contribution >= 4 is 48.9 Å². The zero-order chi connectivity index (χ0) is 20.2. The predicted molar refractivity (Wildman–Crippen MR) is 114 cm³/mol. The number of nitrogens with zero attached hydrogens (tertiary/aromatic N) is 2. The van der Waals surface area contributed by atoms with Crippen LogP contribution in [0.5, 0.6) is 0 Å². The molecular weight excluding hydrogens is 450 g/mol. The van der Waals surface area contributed by atoms with E-state index >= 15 is 0 Å². The first-order chi connectivity index (χ1) is 12.6. The molecule has 0 aliphatic carbocycles. The summed E-state index contributed by atoms with van der Waals surface area (Å²) in [6.07, 6.45) is 0. The fourth-order valence-corrected chi connectivity index (χ4v) is 5.16. The first-order valence-electron chi connectivity index (χ1n) is 8.43. The Morgan fingerprint density at radius 1 is 1.22 bits per heavy atom. The summed E-state index contributed by atoms with van der Waals surface area (Å²) < 4.78 is 27.1. The van der Waals surface area contributed by atoms with E-state index in [1.165, 1.54) is 29.3 Å². The Kier molecular flexibility index (Phi) is 7.58. The minimum absolute atomic E-state index is 0.176. The van der Waals surface area contributed by atoms with Gasteiger partial charge in [0.25, 0.3) is 0 Å². The minimum Gasteiger partial charge on any atom is -0.325 e. The molecular formula is C18H24BrN3O3S2. The number of likely N-dealkylation sites (N-methyl/N-ethyl adjacent to an activating group) is 1. The molecule has 2 rings (SSSR count). The summed E-state index contributed by atoms with van der Waals surface area (Å²) >= 11 is 5.09. The first kappa shape index (κ1) is 22.0. The standard InChI is InChI=1S/C18H24BrN3O3S2/c1-5-22(11-15-8-9-17(19)26-15)12-18(23)20-14-7-6-13(2)16(10-14)27(24,25)21(3)4/h6-10H,5,11-12H2,1-4H3,(H,20,23). The van der Waals surface area contributed by atoms with E-state index in [1.807, 2.05) is 24.0 Å². The number of amides is 1. The maximum absolute atomic E-state index is 12.4. The van der Waals surface area contributed by atoms with Gasteiger partial charge in [-0.15, -0.1) is 11.3 Å². The number of anilines is 1. The summed E-state index contributed by atoms with van der Waals surface area (Å²) in [5.74, 6) is -0.176. The summed E-state index contributed by atoms with van der Waals surface area (Å²) in [5, 5.41) is 2.81. The number of aryl methyl sites for hydroxylation is 1. The summed E-state index contributed by atoms with van der Waals surface area (Å²) in [6.45, 7) is 5.39. The lowest BCUT2D eigenvalue weighted by Gasteiger charge is -2.19. The van der Waals surface area contributed by atoms with Crippen molar-refractivity contribution in [3.63, 3.8) is 0 Å². The molecule has 0 radical (unpaired) electrons. The van der Waals surface area contributed by atoms with Gasteiger partial charge in [-0.2, -0.15) is 0 Å². The molecule has 0 saturated heterocycles. The highest BCUT2D eigenvalue weighted by atomic mass is 79.9. The molecule has 1 aromatic carbocycles. The van der Waals surface area contributed by atoms with Crippen LogP contribution in [0.15, 0.2) is 39.0 Å². The Bertz CT molecular complexity index is 910. The van der Waals surface area contributed by atoms with Crippen molar-refractivity contribution in [1.29, 1.82) is 0 Å². The lowest BCUT2D eigenvalue weighted by molar-refractivity contribution is -0.117. The van der Waals surface area contributed by atoms with E-state index in [9.17, 15) is 13.2 Å². The molecule has 1 N–H and O–H groups in total. The molecule has 1 amide bonds. The van der Waals surface area contributed by atoms with Crippen LogP contribution in [-0.4, -0.2) is 50.7 Å². The number of sulfonamides is 1. The molecule has 1 aromatic heterocycles. The van der Waals surface area contributed by atoms with Crippen LogP contribution in [0.25, 0.3) is 0 Å². The van der Waals surface area contributed by atoms with Crippen LogP contribution in [0, 0.1) is 6.92 Å². The second-order valence-electron chi connectivity index (χ2n) is 6.32. The third kappa shape index (κ3) is 5.86. The van der Waals surface area contributed by atoms with Gasteiger partial charge < -0.3 is 5.32 Å². The van der Waals surface area contributed by atoms with Crippen molar-refractivity contribution in [2.75, 3.05) is 32.5 Å². The van der Waals surface area contributed by atoms with E-state index in [1.54, 1.807) is 30.4 Å². The quantitative estimate of drug-likeness (QED) is 0.636. The topological polar surface area (TPSA) is 69.7 Å². The molecule has 0 saturated carbocycles. The van der Waals surface area contributed by atoms with Crippen molar-refractivity contribution in [3.8, 4) is 0 Å². The number of benzene rings is 1. The van der Waals surface area contributed by atoms with Crippen molar-refractivity contribution < 1.29 is 13.2 Å². The minimum atomic E-state index is -3.56. The zero-order valence-electron chi connectivity index (χ0n) is 15.8. The molecule has 0 fully saturated rings.